The number of piperidine rings is 1. The average molecular weight is 393 g/mol. The lowest BCUT2D eigenvalue weighted by Crippen LogP contribution is -2.37. The maximum absolute atomic E-state index is 5.66. The number of ether oxygens (including phenoxy) is 1. The van der Waals surface area contributed by atoms with E-state index in [1.54, 1.807) is 13.3 Å². The Morgan fingerprint density at radius 2 is 1.97 bits per heavy atom. The third-order valence-electron chi connectivity index (χ3n) is 5.36. The largest absolute Gasteiger partial charge is 0.496 e. The van der Waals surface area contributed by atoms with Crippen LogP contribution in [0.15, 0.2) is 47.1 Å². The van der Waals surface area contributed by atoms with Crippen LogP contribution in [0, 0.1) is 6.92 Å². The molecule has 7 heteroatoms. The van der Waals surface area contributed by atoms with Crippen molar-refractivity contribution in [3.05, 3.63) is 54.0 Å². The van der Waals surface area contributed by atoms with E-state index >= 15 is 0 Å². The van der Waals surface area contributed by atoms with Crippen LogP contribution >= 0.6 is 0 Å². The van der Waals surface area contributed by atoms with Gasteiger partial charge in [-0.3, -0.25) is 4.90 Å². The molecule has 1 fully saturated rings. The molecule has 1 atom stereocenters. The fourth-order valence-electron chi connectivity index (χ4n) is 3.93. The summed E-state index contributed by atoms with van der Waals surface area (Å²) in [7, 11) is 1.73. The van der Waals surface area contributed by atoms with Gasteiger partial charge >= 0.3 is 0 Å². The van der Waals surface area contributed by atoms with Gasteiger partial charge < -0.3 is 14.6 Å². The maximum atomic E-state index is 5.66. The van der Waals surface area contributed by atoms with Gasteiger partial charge in [0.25, 0.3) is 5.89 Å². The number of para-hydroxylation sites is 1. The zero-order chi connectivity index (χ0) is 20.1. The Hall–Kier alpha value is -2.93. The minimum absolute atomic E-state index is 0.186. The predicted octanol–water partition coefficient (Wildman–Crippen LogP) is 4.09. The number of nitrogens with one attached hydrogen (secondary N) is 1. The Morgan fingerprint density at radius 1 is 1.14 bits per heavy atom. The van der Waals surface area contributed by atoms with Crippen molar-refractivity contribution in [2.75, 3.05) is 32.1 Å². The second-order valence-corrected chi connectivity index (χ2v) is 7.28. The molecule has 2 aromatic heterocycles. The van der Waals surface area contributed by atoms with Crippen molar-refractivity contribution in [2.24, 2.45) is 0 Å². The Kier molecular flexibility index (Phi) is 6.05. The summed E-state index contributed by atoms with van der Waals surface area (Å²) in [4.78, 5) is 11.4. The van der Waals surface area contributed by atoms with Crippen LogP contribution in [-0.2, 0) is 0 Å². The number of rotatable bonds is 7. The van der Waals surface area contributed by atoms with Crippen LogP contribution < -0.4 is 10.1 Å². The van der Waals surface area contributed by atoms with Crippen LogP contribution in [0.3, 0.4) is 0 Å². The number of aryl methyl sites for hydroxylation is 1. The Bertz CT molecular complexity index is 936. The van der Waals surface area contributed by atoms with Gasteiger partial charge in [-0.15, -0.1) is 0 Å². The smallest absolute Gasteiger partial charge is 0.261 e. The van der Waals surface area contributed by atoms with Gasteiger partial charge in [0, 0.05) is 18.3 Å². The Balaban J connectivity index is 1.61. The number of hydrogen-bond acceptors (Lipinski definition) is 7. The summed E-state index contributed by atoms with van der Waals surface area (Å²) in [5.41, 5.74) is 2.00. The van der Waals surface area contributed by atoms with E-state index in [0.29, 0.717) is 18.3 Å². The molecule has 152 valence electrons. The van der Waals surface area contributed by atoms with Gasteiger partial charge in [-0.25, -0.2) is 4.98 Å². The molecule has 1 saturated heterocycles. The zero-order valence-corrected chi connectivity index (χ0v) is 17.0. The number of benzene rings is 1. The van der Waals surface area contributed by atoms with E-state index in [-0.39, 0.29) is 6.04 Å². The first-order valence-corrected chi connectivity index (χ1v) is 10.1. The van der Waals surface area contributed by atoms with Crippen LogP contribution in [0.25, 0.3) is 11.5 Å². The van der Waals surface area contributed by atoms with Gasteiger partial charge in [0.15, 0.2) is 5.82 Å². The molecule has 4 rings (SSSR count). The third-order valence-corrected chi connectivity index (χ3v) is 5.36. The van der Waals surface area contributed by atoms with Crippen molar-refractivity contribution in [1.82, 2.24) is 20.0 Å². The molecule has 29 heavy (non-hydrogen) atoms. The molecule has 1 aliphatic rings. The highest BCUT2D eigenvalue weighted by Gasteiger charge is 2.25. The van der Waals surface area contributed by atoms with Gasteiger partial charge in [-0.05, 0) is 51.1 Å². The van der Waals surface area contributed by atoms with Crippen molar-refractivity contribution >= 4 is 5.82 Å². The van der Waals surface area contributed by atoms with Crippen LogP contribution in [0.2, 0.25) is 0 Å². The van der Waals surface area contributed by atoms with E-state index in [2.05, 4.69) is 37.5 Å². The van der Waals surface area contributed by atoms with Crippen LogP contribution in [-0.4, -0.2) is 46.8 Å². The number of likely N-dealkylation sites (tertiary alicyclic amines) is 1. The quantitative estimate of drug-likeness (QED) is 0.648. The molecule has 0 bridgehead atoms. The molecule has 7 nitrogen and oxygen atoms in total. The van der Waals surface area contributed by atoms with E-state index in [9.17, 15) is 0 Å². The van der Waals surface area contributed by atoms with E-state index in [4.69, 9.17) is 9.26 Å². The van der Waals surface area contributed by atoms with Gasteiger partial charge in [0.1, 0.15) is 11.6 Å². The summed E-state index contributed by atoms with van der Waals surface area (Å²) in [5, 5.41) is 7.44. The molecule has 1 aromatic carbocycles. The van der Waals surface area contributed by atoms with Gasteiger partial charge in [-0.2, -0.15) is 4.98 Å². The van der Waals surface area contributed by atoms with E-state index < -0.39 is 0 Å². The average Bonchev–Trinajstić information content (AvgIpc) is 3.21. The third kappa shape index (κ3) is 4.40. The standard InChI is InChI=1S/C22H27N5O2/c1-16-25-22(29-26-16)18-10-8-12-23-21(18)24-15-19(27-13-6-3-7-14-27)17-9-4-5-11-20(17)28-2/h4-5,8-12,19H,3,6-7,13-15H2,1-2H3,(H,23,24). The van der Waals surface area contributed by atoms with Gasteiger partial charge in [-0.1, -0.05) is 29.8 Å². The van der Waals surface area contributed by atoms with Crippen LogP contribution in [0.4, 0.5) is 5.82 Å². The highest BCUT2D eigenvalue weighted by molar-refractivity contribution is 5.68. The van der Waals surface area contributed by atoms with E-state index in [0.717, 1.165) is 30.2 Å². The molecule has 0 aliphatic carbocycles. The molecule has 1 aliphatic heterocycles. The van der Waals surface area contributed by atoms with Crippen molar-refractivity contribution < 1.29 is 9.26 Å². The normalized spacial score (nSPS) is 15.8. The molecular formula is C22H27N5O2. The molecular weight excluding hydrogens is 366 g/mol. The predicted molar refractivity (Wildman–Crippen MR) is 112 cm³/mol. The fourth-order valence-corrected chi connectivity index (χ4v) is 3.93. The monoisotopic (exact) mass is 393 g/mol. The SMILES string of the molecule is COc1ccccc1C(CNc1ncccc1-c1nc(C)no1)N1CCCCC1. The zero-order valence-electron chi connectivity index (χ0n) is 17.0. The summed E-state index contributed by atoms with van der Waals surface area (Å²) < 4.78 is 11.0. The van der Waals surface area contributed by atoms with Crippen molar-refractivity contribution in [3.8, 4) is 17.2 Å². The molecule has 0 radical (unpaired) electrons. The lowest BCUT2D eigenvalue weighted by Gasteiger charge is -2.35. The summed E-state index contributed by atoms with van der Waals surface area (Å²) in [6.45, 7) is 4.69. The molecule has 3 heterocycles. The fraction of sp³-hybridized carbons (Fsp3) is 0.409. The number of methoxy groups -OCH3 is 1. The van der Waals surface area contributed by atoms with E-state index in [1.165, 1.54) is 24.8 Å². The maximum Gasteiger partial charge on any atom is 0.261 e. The molecule has 1 N–H and O–H groups in total. The van der Waals surface area contributed by atoms with E-state index in [1.807, 2.05) is 31.2 Å². The lowest BCUT2D eigenvalue weighted by atomic mass is 10.0. The van der Waals surface area contributed by atoms with Gasteiger partial charge in [0.2, 0.25) is 0 Å². The number of aromatic nitrogens is 3. The summed E-state index contributed by atoms with van der Waals surface area (Å²) >= 11 is 0. The first-order valence-electron chi connectivity index (χ1n) is 10.1. The highest BCUT2D eigenvalue weighted by Crippen LogP contribution is 2.32. The second kappa shape index (κ2) is 9.05. The Morgan fingerprint density at radius 3 is 2.72 bits per heavy atom. The van der Waals surface area contributed by atoms with Gasteiger partial charge in [0.05, 0.1) is 18.7 Å². The van der Waals surface area contributed by atoms with Crippen molar-refractivity contribution in [3.63, 3.8) is 0 Å². The first-order chi connectivity index (χ1) is 14.3. The molecule has 0 saturated carbocycles. The molecule has 0 spiro atoms. The lowest BCUT2D eigenvalue weighted by molar-refractivity contribution is 0.168. The Labute approximate surface area is 171 Å². The topological polar surface area (TPSA) is 76.3 Å². The second-order valence-electron chi connectivity index (χ2n) is 7.28. The molecule has 3 aromatic rings. The van der Waals surface area contributed by atoms with Crippen LogP contribution in [0.5, 0.6) is 5.75 Å². The minimum Gasteiger partial charge on any atom is -0.496 e. The minimum atomic E-state index is 0.186. The number of hydrogen-bond donors (Lipinski definition) is 1. The number of nitrogens with zero attached hydrogens (tertiary/aromatic N) is 4. The highest BCUT2D eigenvalue weighted by atomic mass is 16.5. The molecule has 1 unspecified atom stereocenters. The van der Waals surface area contributed by atoms with Crippen LogP contribution in [0.1, 0.15) is 36.7 Å². The van der Waals surface area contributed by atoms with Crippen molar-refractivity contribution in [1.29, 1.82) is 0 Å². The number of pyridine rings is 1. The summed E-state index contributed by atoms with van der Waals surface area (Å²) in [6, 6.07) is 12.3. The first kappa shape index (κ1) is 19.4. The molecule has 0 amide bonds. The van der Waals surface area contributed by atoms with Crippen molar-refractivity contribution in [2.45, 2.75) is 32.2 Å². The summed E-state index contributed by atoms with van der Waals surface area (Å²) in [6.07, 6.45) is 5.51. The number of anilines is 1. The summed E-state index contributed by atoms with van der Waals surface area (Å²) in [5.74, 6) is 2.74.